The van der Waals surface area contributed by atoms with Crippen molar-refractivity contribution in [2.24, 2.45) is 11.3 Å². The third-order valence-electron chi connectivity index (χ3n) is 5.61. The molecule has 2 fully saturated rings. The molecule has 1 aromatic rings. The van der Waals surface area contributed by atoms with Gasteiger partial charge in [-0.2, -0.15) is 0 Å². The van der Waals surface area contributed by atoms with Crippen LogP contribution in [0.2, 0.25) is 0 Å². The van der Waals surface area contributed by atoms with Gasteiger partial charge in [-0.15, -0.1) is 0 Å². The van der Waals surface area contributed by atoms with E-state index in [-0.39, 0.29) is 12.0 Å². The average molecular weight is 309 g/mol. The van der Waals surface area contributed by atoms with Gasteiger partial charge in [0.2, 0.25) is 10.0 Å². The summed E-state index contributed by atoms with van der Waals surface area (Å²) in [6, 6.07) is 9.48. The standard InChI is InChI=1S/C16H23NO3S/c1-15(2)13-8-9-16(10-13,14(15)18)21(19,20)17-11-12-6-4-3-5-7-12/h3-7,13-14,17-18H,8-11H2,1-2H3/t13?,14-,16+/m0/s1. The van der Waals surface area contributed by atoms with Gasteiger partial charge in [-0.05, 0) is 36.2 Å². The van der Waals surface area contributed by atoms with Crippen LogP contribution in [0, 0.1) is 11.3 Å². The Morgan fingerprint density at radius 3 is 2.52 bits per heavy atom. The van der Waals surface area contributed by atoms with Crippen molar-refractivity contribution in [2.75, 3.05) is 0 Å². The molecule has 0 aliphatic heterocycles. The van der Waals surface area contributed by atoms with Crippen molar-refractivity contribution >= 4 is 10.0 Å². The highest BCUT2D eigenvalue weighted by Crippen LogP contribution is 2.60. The second kappa shape index (κ2) is 4.80. The van der Waals surface area contributed by atoms with Gasteiger partial charge in [0.1, 0.15) is 4.75 Å². The molecule has 1 aromatic carbocycles. The quantitative estimate of drug-likeness (QED) is 0.894. The maximum Gasteiger partial charge on any atom is 0.220 e. The topological polar surface area (TPSA) is 66.4 Å². The lowest BCUT2D eigenvalue weighted by Gasteiger charge is -2.40. The number of hydrogen-bond donors (Lipinski definition) is 2. The van der Waals surface area contributed by atoms with E-state index >= 15 is 0 Å². The molecule has 21 heavy (non-hydrogen) atoms. The molecule has 0 spiro atoms. The summed E-state index contributed by atoms with van der Waals surface area (Å²) in [5.41, 5.74) is 0.610. The predicted molar refractivity (Wildman–Crippen MR) is 82.1 cm³/mol. The van der Waals surface area contributed by atoms with Gasteiger partial charge in [-0.3, -0.25) is 0 Å². The molecule has 4 nitrogen and oxygen atoms in total. The van der Waals surface area contributed by atoms with Gasteiger partial charge in [-0.1, -0.05) is 44.2 Å². The summed E-state index contributed by atoms with van der Waals surface area (Å²) in [6.07, 6.45) is 1.23. The highest BCUT2D eigenvalue weighted by atomic mass is 32.2. The van der Waals surface area contributed by atoms with Crippen LogP contribution in [0.5, 0.6) is 0 Å². The normalized spacial score (nSPS) is 34.2. The number of hydrogen-bond acceptors (Lipinski definition) is 3. The molecule has 0 saturated heterocycles. The number of fused-ring (bicyclic) bond motifs is 2. The maximum atomic E-state index is 12.8. The molecule has 3 rings (SSSR count). The lowest BCUT2D eigenvalue weighted by molar-refractivity contribution is 0.0121. The van der Waals surface area contributed by atoms with E-state index in [1.54, 1.807) is 0 Å². The first-order valence-electron chi connectivity index (χ1n) is 7.51. The van der Waals surface area contributed by atoms with E-state index in [0.29, 0.717) is 18.8 Å². The Morgan fingerprint density at radius 1 is 1.29 bits per heavy atom. The Bertz CT molecular complexity index is 626. The summed E-state index contributed by atoms with van der Waals surface area (Å²) < 4.78 is 27.3. The molecule has 0 amide bonds. The zero-order valence-corrected chi connectivity index (χ0v) is 13.4. The van der Waals surface area contributed by atoms with Crippen LogP contribution < -0.4 is 4.72 Å². The van der Waals surface area contributed by atoms with Crippen LogP contribution >= 0.6 is 0 Å². The molecule has 0 heterocycles. The minimum Gasteiger partial charge on any atom is -0.391 e. The Balaban J connectivity index is 1.82. The van der Waals surface area contributed by atoms with Crippen LogP contribution in [0.15, 0.2) is 30.3 Å². The molecule has 5 heteroatoms. The molecule has 0 aromatic heterocycles. The fourth-order valence-corrected chi connectivity index (χ4v) is 6.18. The van der Waals surface area contributed by atoms with E-state index in [0.717, 1.165) is 12.0 Å². The Kier molecular flexibility index (Phi) is 3.43. The smallest absolute Gasteiger partial charge is 0.220 e. The third kappa shape index (κ3) is 2.14. The van der Waals surface area contributed by atoms with Crippen molar-refractivity contribution in [2.45, 2.75) is 50.5 Å². The van der Waals surface area contributed by atoms with Crippen LogP contribution in [0.4, 0.5) is 0 Å². The molecule has 2 aliphatic carbocycles. The molecule has 2 bridgehead atoms. The van der Waals surface area contributed by atoms with E-state index in [1.807, 2.05) is 44.2 Å². The van der Waals surface area contributed by atoms with Crippen molar-refractivity contribution < 1.29 is 13.5 Å². The van der Waals surface area contributed by atoms with Crippen LogP contribution in [0.25, 0.3) is 0 Å². The van der Waals surface area contributed by atoms with E-state index in [9.17, 15) is 13.5 Å². The number of aliphatic hydroxyl groups is 1. The zero-order chi connectivity index (χ0) is 15.3. The van der Waals surface area contributed by atoms with Gasteiger partial charge >= 0.3 is 0 Å². The number of sulfonamides is 1. The minimum atomic E-state index is -3.55. The highest BCUT2D eigenvalue weighted by molar-refractivity contribution is 7.91. The number of benzene rings is 1. The largest absolute Gasteiger partial charge is 0.391 e. The molecule has 2 aliphatic rings. The fraction of sp³-hybridized carbons (Fsp3) is 0.625. The van der Waals surface area contributed by atoms with Crippen LogP contribution in [0.3, 0.4) is 0 Å². The van der Waals surface area contributed by atoms with Crippen LogP contribution in [0.1, 0.15) is 38.7 Å². The fourth-order valence-electron chi connectivity index (χ4n) is 4.13. The van der Waals surface area contributed by atoms with Gasteiger partial charge in [0, 0.05) is 6.54 Å². The molecule has 1 unspecified atom stereocenters. The first-order valence-corrected chi connectivity index (χ1v) is 8.99. The van der Waals surface area contributed by atoms with Crippen molar-refractivity contribution in [1.82, 2.24) is 4.72 Å². The van der Waals surface area contributed by atoms with Gasteiger partial charge in [0.15, 0.2) is 0 Å². The first-order chi connectivity index (χ1) is 9.80. The number of nitrogens with one attached hydrogen (secondary N) is 1. The van der Waals surface area contributed by atoms with E-state index in [2.05, 4.69) is 4.72 Å². The maximum absolute atomic E-state index is 12.8. The molecule has 116 valence electrons. The van der Waals surface area contributed by atoms with Crippen molar-refractivity contribution in [3.05, 3.63) is 35.9 Å². The third-order valence-corrected chi connectivity index (χ3v) is 7.80. The second-order valence-electron chi connectivity index (χ2n) is 7.04. The number of aliphatic hydroxyl groups excluding tert-OH is 1. The second-order valence-corrected chi connectivity index (χ2v) is 9.15. The molecule has 0 radical (unpaired) electrons. The highest BCUT2D eigenvalue weighted by Gasteiger charge is 2.67. The first kappa shape index (κ1) is 15.0. The minimum absolute atomic E-state index is 0.280. The lowest BCUT2D eigenvalue weighted by atomic mass is 9.74. The summed E-state index contributed by atoms with van der Waals surface area (Å²) in [4.78, 5) is 0. The summed E-state index contributed by atoms with van der Waals surface area (Å²) in [6.45, 7) is 4.24. The van der Waals surface area contributed by atoms with Gasteiger partial charge in [0.05, 0.1) is 6.10 Å². The van der Waals surface area contributed by atoms with E-state index < -0.39 is 20.9 Å². The van der Waals surface area contributed by atoms with Crippen molar-refractivity contribution in [3.63, 3.8) is 0 Å². The van der Waals surface area contributed by atoms with Crippen molar-refractivity contribution in [3.8, 4) is 0 Å². The van der Waals surface area contributed by atoms with Crippen molar-refractivity contribution in [1.29, 1.82) is 0 Å². The monoisotopic (exact) mass is 309 g/mol. The SMILES string of the molecule is CC1(C)C2CC[C@@](S(=O)(=O)NCc3ccccc3)(C2)[C@H]1O. The predicted octanol–water partition coefficient (Wildman–Crippen LogP) is 2.05. The molecule has 2 saturated carbocycles. The van der Waals surface area contributed by atoms with Gasteiger partial charge in [0.25, 0.3) is 0 Å². The average Bonchev–Trinajstić information content (AvgIpc) is 2.99. The Hall–Kier alpha value is -0.910. The Labute approximate surface area is 126 Å². The molecular weight excluding hydrogens is 286 g/mol. The van der Waals surface area contributed by atoms with E-state index in [4.69, 9.17) is 0 Å². The van der Waals surface area contributed by atoms with Gasteiger partial charge in [-0.25, -0.2) is 13.1 Å². The zero-order valence-electron chi connectivity index (χ0n) is 12.5. The lowest BCUT2D eigenvalue weighted by Crippen LogP contribution is -2.54. The van der Waals surface area contributed by atoms with Gasteiger partial charge < -0.3 is 5.11 Å². The molecule has 2 N–H and O–H groups in total. The van der Waals surface area contributed by atoms with E-state index in [1.165, 1.54) is 0 Å². The number of rotatable bonds is 4. The van der Waals surface area contributed by atoms with Crippen LogP contribution in [-0.4, -0.2) is 24.4 Å². The summed E-state index contributed by atoms with van der Waals surface area (Å²) in [5, 5.41) is 10.6. The van der Waals surface area contributed by atoms with Crippen LogP contribution in [-0.2, 0) is 16.6 Å². The Morgan fingerprint density at radius 2 is 1.95 bits per heavy atom. The molecule has 3 atom stereocenters. The summed E-state index contributed by atoms with van der Waals surface area (Å²) in [7, 11) is -3.55. The summed E-state index contributed by atoms with van der Waals surface area (Å²) >= 11 is 0. The summed E-state index contributed by atoms with van der Waals surface area (Å²) in [5.74, 6) is 0.292. The molecular formula is C16H23NO3S.